The van der Waals surface area contributed by atoms with Gasteiger partial charge in [-0.15, -0.1) is 0 Å². The van der Waals surface area contributed by atoms with Crippen LogP contribution < -0.4 is 10.1 Å². The molecule has 1 aromatic carbocycles. The fourth-order valence-corrected chi connectivity index (χ4v) is 3.74. The summed E-state index contributed by atoms with van der Waals surface area (Å²) in [6.45, 7) is 0.229. The lowest BCUT2D eigenvalue weighted by molar-refractivity contribution is -0.150. The van der Waals surface area contributed by atoms with Gasteiger partial charge in [0.1, 0.15) is 11.7 Å². The second-order valence-corrected chi connectivity index (χ2v) is 6.93. The lowest BCUT2D eigenvalue weighted by atomic mass is 9.79. The van der Waals surface area contributed by atoms with Gasteiger partial charge < -0.3 is 15.2 Å². The van der Waals surface area contributed by atoms with Gasteiger partial charge in [0.15, 0.2) is 0 Å². The van der Waals surface area contributed by atoms with Crippen molar-refractivity contribution in [2.24, 2.45) is 11.8 Å². The number of rotatable bonds is 7. The number of carbonyl (C=O) groups is 2. The number of aromatic amines is 1. The number of carbonyl (C=O) groups excluding carboxylic acids is 1. The molecule has 1 fully saturated rings. The summed E-state index contributed by atoms with van der Waals surface area (Å²) in [7, 11) is 1.61. The monoisotopic (exact) mass is 371 g/mol. The van der Waals surface area contributed by atoms with Crippen molar-refractivity contribution >= 4 is 11.9 Å². The molecule has 3 rings (SSSR count). The van der Waals surface area contributed by atoms with Gasteiger partial charge in [-0.1, -0.05) is 19.3 Å². The molecule has 1 amide bonds. The average molecular weight is 371 g/mol. The lowest BCUT2D eigenvalue weighted by Gasteiger charge is -2.26. The minimum atomic E-state index is -1.04. The Morgan fingerprint density at radius 1 is 1.26 bits per heavy atom. The number of hydrogen-bond acceptors (Lipinski definition) is 4. The fourth-order valence-electron chi connectivity index (χ4n) is 3.74. The number of nitrogens with zero attached hydrogens (tertiary/aromatic N) is 1. The first kappa shape index (κ1) is 18.9. The van der Waals surface area contributed by atoms with Gasteiger partial charge >= 0.3 is 5.97 Å². The highest BCUT2D eigenvalue weighted by Gasteiger charge is 2.35. The van der Waals surface area contributed by atoms with Crippen molar-refractivity contribution in [1.29, 1.82) is 0 Å². The first-order valence-electron chi connectivity index (χ1n) is 9.27. The van der Waals surface area contributed by atoms with E-state index in [0.29, 0.717) is 0 Å². The van der Waals surface area contributed by atoms with E-state index in [0.717, 1.165) is 54.7 Å². The third kappa shape index (κ3) is 4.48. The zero-order chi connectivity index (χ0) is 19.2. The summed E-state index contributed by atoms with van der Waals surface area (Å²) in [5.74, 6) is -1.77. The van der Waals surface area contributed by atoms with Crippen molar-refractivity contribution < 1.29 is 19.4 Å². The normalized spacial score (nSPS) is 15.9. The molecular weight excluding hydrogens is 346 g/mol. The molecule has 3 N–H and O–H groups in total. The number of carboxylic acids is 1. The van der Waals surface area contributed by atoms with Crippen LogP contribution in [0.4, 0.5) is 0 Å². The highest BCUT2D eigenvalue weighted by atomic mass is 16.5. The van der Waals surface area contributed by atoms with E-state index in [1.165, 1.54) is 0 Å². The van der Waals surface area contributed by atoms with E-state index in [9.17, 15) is 14.7 Å². The fraction of sp³-hybridized carbons (Fsp3) is 0.450. The van der Waals surface area contributed by atoms with Crippen LogP contribution in [0.5, 0.6) is 5.75 Å². The molecule has 1 aliphatic rings. The van der Waals surface area contributed by atoms with E-state index >= 15 is 0 Å². The minimum Gasteiger partial charge on any atom is -0.497 e. The summed E-state index contributed by atoms with van der Waals surface area (Å²) in [5, 5.41) is 19.3. The average Bonchev–Trinajstić information content (AvgIpc) is 3.16. The lowest BCUT2D eigenvalue weighted by Crippen LogP contribution is -2.40. The molecule has 0 bridgehead atoms. The van der Waals surface area contributed by atoms with Crippen LogP contribution in [0.3, 0.4) is 0 Å². The zero-order valence-electron chi connectivity index (χ0n) is 15.4. The molecule has 7 nitrogen and oxygen atoms in total. The Hall–Kier alpha value is -2.83. The molecule has 1 atom stereocenters. The summed E-state index contributed by atoms with van der Waals surface area (Å²) >= 11 is 0. The quantitative estimate of drug-likeness (QED) is 0.649. The molecule has 1 aliphatic carbocycles. The zero-order valence-corrected chi connectivity index (χ0v) is 15.4. The molecule has 0 radical (unpaired) electrons. The molecule has 2 aromatic rings. The van der Waals surface area contributed by atoms with E-state index in [1.54, 1.807) is 13.3 Å². The SMILES string of the molecule is COc1ccc(-c2[nH]ncc2CNC(=O)[C@H](C(=O)O)C2CCCCC2)cc1. The number of benzene rings is 1. The maximum atomic E-state index is 12.6. The van der Waals surface area contributed by atoms with Gasteiger partial charge in [0.05, 0.1) is 19.0 Å². The van der Waals surface area contributed by atoms with Crippen molar-refractivity contribution in [3.63, 3.8) is 0 Å². The number of ether oxygens (including phenoxy) is 1. The van der Waals surface area contributed by atoms with Crippen LogP contribution in [-0.2, 0) is 16.1 Å². The molecular formula is C20H25N3O4. The number of carboxylic acid groups (broad SMARTS) is 1. The van der Waals surface area contributed by atoms with Gasteiger partial charge in [-0.05, 0) is 43.0 Å². The summed E-state index contributed by atoms with van der Waals surface area (Å²) < 4.78 is 5.16. The molecule has 0 aliphatic heterocycles. The van der Waals surface area contributed by atoms with Gasteiger partial charge in [-0.25, -0.2) is 0 Å². The van der Waals surface area contributed by atoms with E-state index in [4.69, 9.17) is 4.74 Å². The van der Waals surface area contributed by atoms with E-state index in [2.05, 4.69) is 15.5 Å². The number of aromatic nitrogens is 2. The summed E-state index contributed by atoms with van der Waals surface area (Å²) in [6, 6.07) is 7.50. The number of aliphatic carboxylic acids is 1. The van der Waals surface area contributed by atoms with Crippen LogP contribution in [0, 0.1) is 11.8 Å². The Morgan fingerprint density at radius 2 is 1.96 bits per heavy atom. The molecule has 1 aromatic heterocycles. The number of nitrogens with one attached hydrogen (secondary N) is 2. The standard InChI is InChI=1S/C20H25N3O4/c1-27-16-9-7-14(8-10-16)18-15(12-22-23-18)11-21-19(24)17(20(25)26)13-5-3-2-4-6-13/h7-10,12-13,17H,2-6,11H2,1H3,(H,21,24)(H,22,23)(H,25,26)/t17-/m1/s1. The number of H-pyrrole nitrogens is 1. The predicted octanol–water partition coefficient (Wildman–Crippen LogP) is 2.98. The van der Waals surface area contributed by atoms with Crippen LogP contribution >= 0.6 is 0 Å². The Labute approximate surface area is 158 Å². The molecule has 27 heavy (non-hydrogen) atoms. The smallest absolute Gasteiger partial charge is 0.316 e. The predicted molar refractivity (Wildman–Crippen MR) is 100 cm³/mol. The van der Waals surface area contributed by atoms with Gasteiger partial charge in [0, 0.05) is 17.7 Å². The molecule has 0 unspecified atom stereocenters. The van der Waals surface area contributed by atoms with Crippen LogP contribution in [0.25, 0.3) is 11.3 Å². The van der Waals surface area contributed by atoms with Gasteiger partial charge in [-0.3, -0.25) is 14.7 Å². The number of hydrogen-bond donors (Lipinski definition) is 3. The molecule has 7 heteroatoms. The minimum absolute atomic E-state index is 0.0818. The van der Waals surface area contributed by atoms with Gasteiger partial charge in [0.2, 0.25) is 5.91 Å². The largest absolute Gasteiger partial charge is 0.497 e. The summed E-state index contributed by atoms with van der Waals surface area (Å²) in [6.07, 6.45) is 6.34. The second kappa shape index (κ2) is 8.70. The van der Waals surface area contributed by atoms with Crippen LogP contribution in [-0.4, -0.2) is 34.3 Å². The molecule has 0 saturated heterocycles. The molecule has 1 saturated carbocycles. The Morgan fingerprint density at radius 3 is 2.59 bits per heavy atom. The molecule has 0 spiro atoms. The first-order chi connectivity index (χ1) is 13.1. The Kier molecular flexibility index (Phi) is 6.11. The summed E-state index contributed by atoms with van der Waals surface area (Å²) in [5.41, 5.74) is 2.52. The second-order valence-electron chi connectivity index (χ2n) is 6.93. The topological polar surface area (TPSA) is 104 Å². The highest BCUT2D eigenvalue weighted by Crippen LogP contribution is 2.30. The third-order valence-electron chi connectivity index (χ3n) is 5.22. The van der Waals surface area contributed by atoms with Crippen molar-refractivity contribution in [2.75, 3.05) is 7.11 Å². The van der Waals surface area contributed by atoms with Gasteiger partial charge in [-0.2, -0.15) is 5.10 Å². The van der Waals surface area contributed by atoms with Crippen LogP contribution in [0.2, 0.25) is 0 Å². The third-order valence-corrected chi connectivity index (χ3v) is 5.22. The number of methoxy groups -OCH3 is 1. The van der Waals surface area contributed by atoms with Gasteiger partial charge in [0.25, 0.3) is 0 Å². The summed E-state index contributed by atoms with van der Waals surface area (Å²) in [4.78, 5) is 24.2. The van der Waals surface area contributed by atoms with Crippen molar-refractivity contribution in [3.05, 3.63) is 36.0 Å². The maximum absolute atomic E-state index is 12.6. The van der Waals surface area contributed by atoms with E-state index in [1.807, 2.05) is 24.3 Å². The molecule has 144 valence electrons. The van der Waals surface area contributed by atoms with Crippen molar-refractivity contribution in [3.8, 4) is 17.0 Å². The first-order valence-corrected chi connectivity index (χ1v) is 9.27. The van der Waals surface area contributed by atoms with Crippen molar-refractivity contribution in [1.82, 2.24) is 15.5 Å². The maximum Gasteiger partial charge on any atom is 0.316 e. The van der Waals surface area contributed by atoms with Crippen LogP contribution in [0.1, 0.15) is 37.7 Å². The Bertz CT molecular complexity index is 779. The Balaban J connectivity index is 1.68. The van der Waals surface area contributed by atoms with E-state index in [-0.39, 0.29) is 12.5 Å². The highest BCUT2D eigenvalue weighted by molar-refractivity contribution is 5.97. The molecule has 1 heterocycles. The van der Waals surface area contributed by atoms with E-state index < -0.39 is 17.8 Å². The van der Waals surface area contributed by atoms with Crippen LogP contribution in [0.15, 0.2) is 30.5 Å². The van der Waals surface area contributed by atoms with Crippen molar-refractivity contribution in [2.45, 2.75) is 38.6 Å². The number of amides is 1.